The second kappa shape index (κ2) is 4.50. The van der Waals surface area contributed by atoms with Crippen LogP contribution in [0.1, 0.15) is 12.6 Å². The normalized spacial score (nSPS) is 28.5. The van der Waals surface area contributed by atoms with Gasteiger partial charge in [0.25, 0.3) is 5.56 Å². The van der Waals surface area contributed by atoms with Crippen molar-refractivity contribution in [3.8, 4) is 0 Å². The van der Waals surface area contributed by atoms with Crippen LogP contribution >= 0.6 is 22.6 Å². The summed E-state index contributed by atoms with van der Waals surface area (Å²) in [6.45, 7) is -0.922. The number of hydrogen-bond donors (Lipinski definition) is 2. The van der Waals surface area contributed by atoms with Crippen LogP contribution in [0.4, 0.5) is 4.39 Å². The van der Waals surface area contributed by atoms with E-state index in [4.69, 9.17) is 9.84 Å². The Labute approximate surface area is 109 Å². The third-order valence-corrected chi connectivity index (χ3v) is 3.36. The van der Waals surface area contributed by atoms with Gasteiger partial charge in [-0.2, -0.15) is 0 Å². The number of halogens is 2. The molecule has 2 rings (SSSR count). The first-order valence-corrected chi connectivity index (χ1v) is 5.95. The molecule has 0 saturated carbocycles. The van der Waals surface area contributed by atoms with E-state index in [1.54, 1.807) is 22.6 Å². The predicted molar refractivity (Wildman–Crippen MR) is 64.6 cm³/mol. The van der Waals surface area contributed by atoms with Gasteiger partial charge in [-0.15, -0.1) is 0 Å². The second-order valence-electron chi connectivity index (χ2n) is 3.92. The van der Waals surface area contributed by atoms with Crippen LogP contribution in [0.2, 0.25) is 0 Å². The molecule has 1 aliphatic heterocycles. The molecule has 1 saturated heterocycles. The third-order valence-electron chi connectivity index (χ3n) is 2.59. The fourth-order valence-corrected chi connectivity index (χ4v) is 2.07. The van der Waals surface area contributed by atoms with E-state index in [0.29, 0.717) is 3.57 Å². The molecule has 0 unspecified atom stereocenters. The van der Waals surface area contributed by atoms with Crippen LogP contribution in [0.15, 0.2) is 15.8 Å². The highest BCUT2D eigenvalue weighted by Crippen LogP contribution is 2.33. The van der Waals surface area contributed by atoms with Crippen molar-refractivity contribution in [2.24, 2.45) is 0 Å². The smallest absolute Gasteiger partial charge is 0.330 e. The minimum absolute atomic E-state index is 0.120. The summed E-state index contributed by atoms with van der Waals surface area (Å²) in [5.41, 5.74) is -2.97. The van der Waals surface area contributed by atoms with Gasteiger partial charge in [0.05, 0.1) is 16.8 Å². The number of H-pyrrole nitrogens is 1. The molecule has 1 aliphatic rings. The number of aromatic nitrogens is 2. The van der Waals surface area contributed by atoms with Crippen molar-refractivity contribution in [3.05, 3.63) is 30.6 Å². The van der Waals surface area contributed by atoms with E-state index >= 15 is 0 Å². The fraction of sp³-hybridized carbons (Fsp3) is 0.556. The molecule has 0 amide bonds. The third kappa shape index (κ3) is 2.43. The summed E-state index contributed by atoms with van der Waals surface area (Å²) in [5.74, 6) is 0. The number of ether oxygens (including phenoxy) is 1. The van der Waals surface area contributed by atoms with Gasteiger partial charge >= 0.3 is 5.69 Å². The minimum Gasteiger partial charge on any atom is -0.393 e. The number of aromatic amines is 1. The van der Waals surface area contributed by atoms with Crippen LogP contribution in [0.25, 0.3) is 0 Å². The fourth-order valence-electron chi connectivity index (χ4n) is 1.64. The summed E-state index contributed by atoms with van der Waals surface area (Å²) in [6.07, 6.45) is 0.395. The number of nitrogens with one attached hydrogen (secondary N) is 1. The maximum atomic E-state index is 13.7. The maximum Gasteiger partial charge on any atom is 0.330 e. The number of nitrogens with zero attached hydrogens (tertiary/aromatic N) is 1. The molecule has 2 heterocycles. The minimum atomic E-state index is -1.83. The topological polar surface area (TPSA) is 84.3 Å². The first kappa shape index (κ1) is 12.7. The lowest BCUT2D eigenvalue weighted by atomic mass is 10.1. The highest BCUT2D eigenvalue weighted by atomic mass is 127. The first-order chi connectivity index (χ1) is 7.95. The lowest BCUT2D eigenvalue weighted by Crippen LogP contribution is -2.34. The summed E-state index contributed by atoms with van der Waals surface area (Å²) < 4.78 is 20.3. The second-order valence-corrected chi connectivity index (χ2v) is 5.08. The van der Waals surface area contributed by atoms with Crippen LogP contribution in [-0.2, 0) is 4.74 Å². The van der Waals surface area contributed by atoms with Gasteiger partial charge in [-0.3, -0.25) is 14.3 Å². The highest BCUT2D eigenvalue weighted by molar-refractivity contribution is 14.1. The van der Waals surface area contributed by atoms with Crippen molar-refractivity contribution in [1.29, 1.82) is 0 Å². The lowest BCUT2D eigenvalue weighted by molar-refractivity contribution is 0.0272. The SMILES string of the molecule is O=c1[nH]c(=O)n([C@H]2C[C@](F)(CO)CO2)cc1I. The molecule has 6 nitrogen and oxygen atoms in total. The molecule has 1 aromatic heterocycles. The van der Waals surface area contributed by atoms with E-state index in [1.165, 1.54) is 6.20 Å². The Hall–Kier alpha value is -0.740. The number of rotatable bonds is 2. The molecule has 1 aromatic rings. The van der Waals surface area contributed by atoms with Crippen LogP contribution in [0, 0.1) is 3.57 Å². The van der Waals surface area contributed by atoms with E-state index in [0.717, 1.165) is 4.57 Å². The van der Waals surface area contributed by atoms with Crippen LogP contribution in [0.3, 0.4) is 0 Å². The molecule has 0 radical (unpaired) electrons. The van der Waals surface area contributed by atoms with E-state index in [9.17, 15) is 14.0 Å². The number of aliphatic hydroxyl groups is 1. The van der Waals surface area contributed by atoms with Crippen LogP contribution in [-0.4, -0.2) is 33.5 Å². The molecule has 2 N–H and O–H groups in total. The van der Waals surface area contributed by atoms with Crippen molar-refractivity contribution >= 4 is 22.6 Å². The zero-order chi connectivity index (χ0) is 12.6. The summed E-state index contributed by atoms with van der Waals surface area (Å²) in [4.78, 5) is 24.8. The van der Waals surface area contributed by atoms with Crippen molar-refractivity contribution in [3.63, 3.8) is 0 Å². The zero-order valence-corrected chi connectivity index (χ0v) is 10.8. The van der Waals surface area contributed by atoms with Gasteiger partial charge in [0.2, 0.25) is 0 Å². The zero-order valence-electron chi connectivity index (χ0n) is 8.65. The summed E-state index contributed by atoms with van der Waals surface area (Å²) >= 11 is 1.77. The van der Waals surface area contributed by atoms with Gasteiger partial charge in [0, 0.05) is 12.6 Å². The Bertz CT molecular complexity index is 543. The Morgan fingerprint density at radius 2 is 2.41 bits per heavy atom. The monoisotopic (exact) mass is 356 g/mol. The lowest BCUT2D eigenvalue weighted by Gasteiger charge is -2.14. The molecule has 0 aromatic carbocycles. The molecule has 0 aliphatic carbocycles. The van der Waals surface area contributed by atoms with E-state index in [2.05, 4.69) is 4.98 Å². The van der Waals surface area contributed by atoms with Crippen molar-refractivity contribution < 1.29 is 14.2 Å². The van der Waals surface area contributed by atoms with E-state index in [1.807, 2.05) is 0 Å². The van der Waals surface area contributed by atoms with Crippen molar-refractivity contribution in [1.82, 2.24) is 9.55 Å². The van der Waals surface area contributed by atoms with Gasteiger partial charge in [-0.1, -0.05) is 0 Å². The van der Waals surface area contributed by atoms with Gasteiger partial charge in [-0.25, -0.2) is 9.18 Å². The largest absolute Gasteiger partial charge is 0.393 e. The molecule has 1 fully saturated rings. The van der Waals surface area contributed by atoms with Gasteiger partial charge in [0.15, 0.2) is 5.67 Å². The average molecular weight is 356 g/mol. The first-order valence-electron chi connectivity index (χ1n) is 4.87. The van der Waals surface area contributed by atoms with E-state index in [-0.39, 0.29) is 13.0 Å². The van der Waals surface area contributed by atoms with Crippen molar-refractivity contribution in [2.75, 3.05) is 13.2 Å². The molecule has 94 valence electrons. The summed E-state index contributed by atoms with van der Waals surface area (Å²) in [5, 5.41) is 8.86. The standard InChI is InChI=1S/C9H10FIN2O4/c10-9(3-14)1-6(17-4-9)13-2-5(11)7(15)12-8(13)16/h2,6,14H,1,3-4H2,(H,12,15,16)/t6-,9+/m1/s1. The summed E-state index contributed by atoms with van der Waals surface area (Å²) in [7, 11) is 0. The Morgan fingerprint density at radius 3 is 3.00 bits per heavy atom. The van der Waals surface area contributed by atoms with Crippen LogP contribution < -0.4 is 11.2 Å². The summed E-state index contributed by atoms with van der Waals surface area (Å²) in [6, 6.07) is 0. The van der Waals surface area contributed by atoms with E-state index < -0.39 is 29.8 Å². The molecular formula is C9H10FIN2O4. The molecule has 2 atom stereocenters. The molecule has 0 bridgehead atoms. The Balaban J connectivity index is 2.34. The Kier molecular flexibility index (Phi) is 3.36. The molecule has 17 heavy (non-hydrogen) atoms. The highest BCUT2D eigenvalue weighted by Gasteiger charge is 2.41. The van der Waals surface area contributed by atoms with Gasteiger partial charge < -0.3 is 9.84 Å². The predicted octanol–water partition coefficient (Wildman–Crippen LogP) is -0.239. The Morgan fingerprint density at radius 1 is 1.71 bits per heavy atom. The molecule has 8 heteroatoms. The number of alkyl halides is 1. The van der Waals surface area contributed by atoms with Gasteiger partial charge in [-0.05, 0) is 22.6 Å². The number of hydrogen-bond acceptors (Lipinski definition) is 4. The number of aliphatic hydroxyl groups excluding tert-OH is 1. The van der Waals surface area contributed by atoms with Crippen molar-refractivity contribution in [2.45, 2.75) is 18.3 Å². The molecule has 0 spiro atoms. The quantitative estimate of drug-likeness (QED) is 0.717. The molecular weight excluding hydrogens is 346 g/mol. The van der Waals surface area contributed by atoms with Gasteiger partial charge in [0.1, 0.15) is 6.23 Å². The average Bonchev–Trinajstić information content (AvgIpc) is 2.67. The maximum absolute atomic E-state index is 13.7. The van der Waals surface area contributed by atoms with Crippen LogP contribution in [0.5, 0.6) is 0 Å².